The summed E-state index contributed by atoms with van der Waals surface area (Å²) in [6.07, 6.45) is 2.59. The third-order valence-corrected chi connectivity index (χ3v) is 4.25. The molecule has 0 aromatic carbocycles. The Hall–Kier alpha value is 0.140. The molecular formula is C10H14BrNS. The van der Waals surface area contributed by atoms with Gasteiger partial charge in [-0.15, -0.1) is 11.3 Å². The van der Waals surface area contributed by atoms with Gasteiger partial charge in [-0.05, 0) is 37.4 Å². The normalized spacial score (nSPS) is 20.7. The number of likely N-dealkylation sites (tertiary alicyclic amines) is 1. The van der Waals surface area contributed by atoms with Crippen molar-refractivity contribution in [3.63, 3.8) is 0 Å². The summed E-state index contributed by atoms with van der Waals surface area (Å²) >= 11 is 5.53. The first kappa shape index (κ1) is 9.69. The highest BCUT2D eigenvalue weighted by Gasteiger charge is 2.16. The van der Waals surface area contributed by atoms with Gasteiger partial charge in [0.2, 0.25) is 0 Å². The molecule has 1 aliphatic rings. The van der Waals surface area contributed by atoms with Crippen molar-refractivity contribution < 1.29 is 0 Å². The van der Waals surface area contributed by atoms with E-state index in [1.807, 2.05) is 11.3 Å². The van der Waals surface area contributed by atoms with Crippen LogP contribution in [0.1, 0.15) is 17.7 Å². The highest BCUT2D eigenvalue weighted by molar-refractivity contribution is 9.09. The van der Waals surface area contributed by atoms with Crippen molar-refractivity contribution in [1.82, 2.24) is 4.90 Å². The molecule has 1 nitrogen and oxygen atoms in total. The predicted molar refractivity (Wildman–Crippen MR) is 61.5 cm³/mol. The van der Waals surface area contributed by atoms with Crippen molar-refractivity contribution in [1.29, 1.82) is 0 Å². The lowest BCUT2D eigenvalue weighted by molar-refractivity contribution is 0.228. The maximum absolute atomic E-state index is 3.67. The van der Waals surface area contributed by atoms with Crippen molar-refractivity contribution in [2.24, 2.45) is 0 Å². The molecule has 1 saturated heterocycles. The number of rotatable bonds is 2. The summed E-state index contributed by atoms with van der Waals surface area (Å²) in [5.41, 5.74) is 0. The minimum Gasteiger partial charge on any atom is -0.298 e. The summed E-state index contributed by atoms with van der Waals surface area (Å²) in [6, 6.07) is 4.36. The number of halogens is 1. The topological polar surface area (TPSA) is 3.24 Å². The van der Waals surface area contributed by atoms with Gasteiger partial charge in [-0.3, -0.25) is 4.90 Å². The van der Waals surface area contributed by atoms with Crippen molar-refractivity contribution in [3.05, 3.63) is 22.4 Å². The van der Waals surface area contributed by atoms with E-state index in [0.717, 1.165) is 11.4 Å². The molecule has 0 amide bonds. The minimum atomic E-state index is 0.757. The minimum absolute atomic E-state index is 0.757. The van der Waals surface area contributed by atoms with Gasteiger partial charge in [-0.25, -0.2) is 0 Å². The summed E-state index contributed by atoms with van der Waals surface area (Å²) in [7, 11) is 0. The van der Waals surface area contributed by atoms with E-state index < -0.39 is 0 Å². The van der Waals surface area contributed by atoms with E-state index in [0.29, 0.717) is 0 Å². The zero-order valence-corrected chi connectivity index (χ0v) is 9.98. The SMILES string of the molecule is BrC1CCN(Cc2cccs2)CC1. The van der Waals surface area contributed by atoms with Crippen LogP contribution in [-0.4, -0.2) is 22.8 Å². The lowest BCUT2D eigenvalue weighted by Crippen LogP contribution is -2.33. The molecule has 1 aromatic rings. The fourth-order valence-electron chi connectivity index (χ4n) is 1.68. The quantitative estimate of drug-likeness (QED) is 0.738. The highest BCUT2D eigenvalue weighted by Crippen LogP contribution is 2.20. The molecule has 3 heteroatoms. The van der Waals surface area contributed by atoms with Gasteiger partial charge in [0.15, 0.2) is 0 Å². The molecule has 0 radical (unpaired) electrons. The Labute approximate surface area is 91.9 Å². The van der Waals surface area contributed by atoms with Crippen molar-refractivity contribution >= 4 is 27.3 Å². The van der Waals surface area contributed by atoms with E-state index in [-0.39, 0.29) is 0 Å². The van der Waals surface area contributed by atoms with Crippen LogP contribution in [-0.2, 0) is 6.54 Å². The highest BCUT2D eigenvalue weighted by atomic mass is 79.9. The molecule has 0 aliphatic carbocycles. The molecule has 2 rings (SSSR count). The summed E-state index contributed by atoms with van der Waals surface area (Å²) in [5, 5.41) is 2.16. The second kappa shape index (κ2) is 4.58. The van der Waals surface area contributed by atoms with Gasteiger partial charge in [-0.1, -0.05) is 22.0 Å². The Bertz CT molecular complexity index is 239. The van der Waals surface area contributed by atoms with E-state index >= 15 is 0 Å². The van der Waals surface area contributed by atoms with Crippen LogP contribution >= 0.6 is 27.3 Å². The van der Waals surface area contributed by atoms with Gasteiger partial charge in [-0.2, -0.15) is 0 Å². The van der Waals surface area contributed by atoms with Crippen molar-refractivity contribution in [2.75, 3.05) is 13.1 Å². The Morgan fingerprint density at radius 3 is 2.85 bits per heavy atom. The fourth-order valence-corrected chi connectivity index (χ4v) is 2.84. The summed E-state index contributed by atoms with van der Waals surface area (Å²) in [5.74, 6) is 0. The molecular weight excluding hydrogens is 246 g/mol. The van der Waals surface area contributed by atoms with Crippen LogP contribution in [0.5, 0.6) is 0 Å². The molecule has 13 heavy (non-hydrogen) atoms. The van der Waals surface area contributed by atoms with E-state index in [1.165, 1.54) is 30.8 Å². The maximum Gasteiger partial charge on any atom is 0.0327 e. The van der Waals surface area contributed by atoms with Crippen LogP contribution in [0.4, 0.5) is 0 Å². The molecule has 0 atom stereocenters. The zero-order chi connectivity index (χ0) is 9.10. The number of piperidine rings is 1. The number of nitrogens with zero attached hydrogens (tertiary/aromatic N) is 1. The third kappa shape index (κ3) is 2.79. The van der Waals surface area contributed by atoms with Crippen LogP contribution in [0, 0.1) is 0 Å². The molecule has 0 unspecified atom stereocenters. The van der Waals surface area contributed by atoms with E-state index in [4.69, 9.17) is 0 Å². The second-order valence-corrected chi connectivity index (χ2v) is 5.86. The number of alkyl halides is 1. The van der Waals surface area contributed by atoms with Crippen LogP contribution in [0.3, 0.4) is 0 Å². The average molecular weight is 260 g/mol. The van der Waals surface area contributed by atoms with Gasteiger partial charge >= 0.3 is 0 Å². The lowest BCUT2D eigenvalue weighted by Gasteiger charge is -2.28. The third-order valence-electron chi connectivity index (χ3n) is 2.48. The molecule has 1 aromatic heterocycles. The molecule has 1 fully saturated rings. The largest absolute Gasteiger partial charge is 0.298 e. The van der Waals surface area contributed by atoms with E-state index in [1.54, 1.807) is 0 Å². The summed E-state index contributed by atoms with van der Waals surface area (Å²) in [6.45, 7) is 3.64. The van der Waals surface area contributed by atoms with Crippen LogP contribution < -0.4 is 0 Å². The van der Waals surface area contributed by atoms with Crippen molar-refractivity contribution in [2.45, 2.75) is 24.2 Å². The molecule has 0 saturated carbocycles. The summed E-state index contributed by atoms with van der Waals surface area (Å²) in [4.78, 5) is 4.80. The van der Waals surface area contributed by atoms with Crippen LogP contribution in [0.25, 0.3) is 0 Å². The molecule has 0 bridgehead atoms. The Morgan fingerprint density at radius 2 is 2.23 bits per heavy atom. The van der Waals surface area contributed by atoms with E-state index in [2.05, 4.69) is 38.3 Å². The van der Waals surface area contributed by atoms with E-state index in [9.17, 15) is 0 Å². The zero-order valence-electron chi connectivity index (χ0n) is 7.58. The predicted octanol–water partition coefficient (Wildman–Crippen LogP) is 3.11. The summed E-state index contributed by atoms with van der Waals surface area (Å²) < 4.78 is 0. The van der Waals surface area contributed by atoms with Gasteiger partial charge in [0.05, 0.1) is 0 Å². The molecule has 72 valence electrons. The molecule has 1 aliphatic heterocycles. The standard InChI is InChI=1S/C10H14BrNS/c11-9-3-5-12(6-4-9)8-10-2-1-7-13-10/h1-2,7,9H,3-6,8H2. The van der Waals surface area contributed by atoms with Crippen LogP contribution in [0.2, 0.25) is 0 Å². The molecule has 2 heterocycles. The first-order chi connectivity index (χ1) is 6.34. The first-order valence-corrected chi connectivity index (χ1v) is 6.53. The maximum atomic E-state index is 3.67. The molecule has 0 N–H and O–H groups in total. The average Bonchev–Trinajstić information content (AvgIpc) is 2.62. The Kier molecular flexibility index (Phi) is 3.41. The number of hydrogen-bond acceptors (Lipinski definition) is 2. The van der Waals surface area contributed by atoms with Gasteiger partial charge in [0.1, 0.15) is 0 Å². The lowest BCUT2D eigenvalue weighted by atomic mass is 10.1. The smallest absolute Gasteiger partial charge is 0.0327 e. The Morgan fingerprint density at radius 1 is 1.46 bits per heavy atom. The van der Waals surface area contributed by atoms with Crippen LogP contribution in [0.15, 0.2) is 17.5 Å². The first-order valence-electron chi connectivity index (χ1n) is 4.73. The Balaban J connectivity index is 1.83. The van der Waals surface area contributed by atoms with Gasteiger partial charge < -0.3 is 0 Å². The number of hydrogen-bond donors (Lipinski definition) is 0. The van der Waals surface area contributed by atoms with Gasteiger partial charge in [0.25, 0.3) is 0 Å². The second-order valence-electron chi connectivity index (χ2n) is 3.53. The molecule has 0 spiro atoms. The number of thiophene rings is 1. The monoisotopic (exact) mass is 259 g/mol. The van der Waals surface area contributed by atoms with Gasteiger partial charge in [0, 0.05) is 16.2 Å². The fraction of sp³-hybridized carbons (Fsp3) is 0.600. The van der Waals surface area contributed by atoms with Crippen molar-refractivity contribution in [3.8, 4) is 0 Å².